The van der Waals surface area contributed by atoms with E-state index >= 15 is 0 Å². The second-order valence-electron chi connectivity index (χ2n) is 5.01. The molecule has 0 fully saturated rings. The van der Waals surface area contributed by atoms with Gasteiger partial charge in [-0.25, -0.2) is 0 Å². The van der Waals surface area contributed by atoms with E-state index in [4.69, 9.17) is 6.42 Å². The lowest BCUT2D eigenvalue weighted by Crippen LogP contribution is -2.01. The minimum absolute atomic E-state index is 0.292. The first kappa shape index (κ1) is 13.8. The molecule has 0 bridgehead atoms. The first-order valence-electron chi connectivity index (χ1n) is 6.64. The molecule has 0 aliphatic carbocycles. The summed E-state index contributed by atoms with van der Waals surface area (Å²) >= 11 is 0. The van der Waals surface area contributed by atoms with Crippen LogP contribution in [0.4, 0.5) is 0 Å². The summed E-state index contributed by atoms with van der Waals surface area (Å²) in [5.74, 6) is 3.26. The number of unbranched alkanes of at least 4 members (excludes halogenated alkanes) is 2. The summed E-state index contributed by atoms with van der Waals surface area (Å²) in [4.78, 5) is 0. The predicted octanol–water partition coefficient (Wildman–Crippen LogP) is 4.91. The highest BCUT2D eigenvalue weighted by atomic mass is 14.2. The molecule has 0 radical (unpaired) electrons. The molecule has 0 N–H and O–H groups in total. The van der Waals surface area contributed by atoms with Crippen molar-refractivity contribution in [1.29, 1.82) is 0 Å². The van der Waals surface area contributed by atoms with Gasteiger partial charge in [-0.15, -0.1) is 6.42 Å². The largest absolute Gasteiger partial charge is 0.119 e. The number of hydrogen-bond acceptors (Lipinski definition) is 0. The van der Waals surface area contributed by atoms with Crippen LogP contribution < -0.4 is 0 Å². The maximum absolute atomic E-state index is 5.71. The van der Waals surface area contributed by atoms with Gasteiger partial charge in [0.1, 0.15) is 0 Å². The van der Waals surface area contributed by atoms with Gasteiger partial charge < -0.3 is 0 Å². The Morgan fingerprint density at radius 1 is 1.18 bits per heavy atom. The molecule has 0 nitrogen and oxygen atoms in total. The van der Waals surface area contributed by atoms with Crippen molar-refractivity contribution in [2.24, 2.45) is 0 Å². The van der Waals surface area contributed by atoms with Crippen LogP contribution in [0.1, 0.15) is 60.8 Å². The minimum atomic E-state index is 0.292. The summed E-state index contributed by atoms with van der Waals surface area (Å²) in [5, 5.41) is 0. The highest BCUT2D eigenvalue weighted by Crippen LogP contribution is 2.27. The Kier molecular flexibility index (Phi) is 5.29. The van der Waals surface area contributed by atoms with E-state index in [1.165, 1.54) is 41.5 Å². The van der Waals surface area contributed by atoms with Crippen LogP contribution in [-0.4, -0.2) is 0 Å². The monoisotopic (exact) mass is 228 g/mol. The Bertz CT molecular complexity index is 407. The van der Waals surface area contributed by atoms with Gasteiger partial charge in [0.05, 0.1) is 0 Å². The van der Waals surface area contributed by atoms with Gasteiger partial charge in [-0.3, -0.25) is 0 Å². The van der Waals surface area contributed by atoms with E-state index in [2.05, 4.69) is 45.7 Å². The summed E-state index contributed by atoms with van der Waals surface area (Å²) in [6.07, 6.45) is 10.6. The van der Waals surface area contributed by atoms with Crippen molar-refractivity contribution in [3.05, 3.63) is 34.4 Å². The SMILES string of the molecule is C#CC(CCCCC)c1cc(C)cc(C)c1C. The third kappa shape index (κ3) is 3.63. The Hall–Kier alpha value is -1.22. The van der Waals surface area contributed by atoms with Crippen molar-refractivity contribution < 1.29 is 0 Å². The molecule has 1 rings (SSSR count). The van der Waals surface area contributed by atoms with Crippen LogP contribution in [0, 0.1) is 33.1 Å². The second kappa shape index (κ2) is 6.50. The van der Waals surface area contributed by atoms with Crippen LogP contribution in [0.2, 0.25) is 0 Å². The molecule has 0 heterocycles. The number of aryl methyl sites for hydroxylation is 2. The van der Waals surface area contributed by atoms with Gasteiger partial charge >= 0.3 is 0 Å². The average Bonchev–Trinajstić information content (AvgIpc) is 2.30. The smallest absolute Gasteiger partial charge is 0.0452 e. The van der Waals surface area contributed by atoms with Gasteiger partial charge in [0.2, 0.25) is 0 Å². The molecule has 0 amide bonds. The Morgan fingerprint density at radius 2 is 1.88 bits per heavy atom. The first-order valence-corrected chi connectivity index (χ1v) is 6.64. The fourth-order valence-corrected chi connectivity index (χ4v) is 2.36. The van der Waals surface area contributed by atoms with Crippen LogP contribution in [0.5, 0.6) is 0 Å². The van der Waals surface area contributed by atoms with Crippen molar-refractivity contribution in [3.63, 3.8) is 0 Å². The molecule has 1 atom stereocenters. The lowest BCUT2D eigenvalue weighted by atomic mass is 9.88. The fourth-order valence-electron chi connectivity index (χ4n) is 2.36. The van der Waals surface area contributed by atoms with Crippen molar-refractivity contribution in [2.75, 3.05) is 0 Å². The van der Waals surface area contributed by atoms with E-state index in [0.717, 1.165) is 6.42 Å². The maximum atomic E-state index is 5.71. The minimum Gasteiger partial charge on any atom is -0.119 e. The van der Waals surface area contributed by atoms with Crippen LogP contribution in [-0.2, 0) is 0 Å². The van der Waals surface area contributed by atoms with Crippen molar-refractivity contribution in [3.8, 4) is 12.3 Å². The molecule has 0 saturated heterocycles. The van der Waals surface area contributed by atoms with Gasteiger partial charge in [0, 0.05) is 5.92 Å². The molecule has 1 unspecified atom stereocenters. The summed E-state index contributed by atoms with van der Waals surface area (Å²) < 4.78 is 0. The molecule has 0 spiro atoms. The van der Waals surface area contributed by atoms with Gasteiger partial charge in [-0.1, -0.05) is 49.8 Å². The molecule has 0 aromatic heterocycles. The van der Waals surface area contributed by atoms with E-state index in [1.54, 1.807) is 0 Å². The normalized spacial score (nSPS) is 12.2. The zero-order valence-electron chi connectivity index (χ0n) is 11.6. The van der Waals surface area contributed by atoms with Crippen molar-refractivity contribution in [2.45, 2.75) is 59.3 Å². The Balaban J connectivity index is 2.92. The molecule has 1 aromatic rings. The summed E-state index contributed by atoms with van der Waals surface area (Å²) in [5.41, 5.74) is 5.41. The van der Waals surface area contributed by atoms with Gasteiger partial charge in [-0.05, 0) is 43.9 Å². The zero-order chi connectivity index (χ0) is 12.8. The third-order valence-corrected chi connectivity index (χ3v) is 3.52. The van der Waals surface area contributed by atoms with Crippen LogP contribution in [0.25, 0.3) is 0 Å². The van der Waals surface area contributed by atoms with Crippen LogP contribution >= 0.6 is 0 Å². The van der Waals surface area contributed by atoms with E-state index in [-0.39, 0.29) is 0 Å². The van der Waals surface area contributed by atoms with Crippen LogP contribution in [0.3, 0.4) is 0 Å². The van der Waals surface area contributed by atoms with E-state index in [0.29, 0.717) is 5.92 Å². The Morgan fingerprint density at radius 3 is 2.47 bits per heavy atom. The molecule has 92 valence electrons. The molecular weight excluding hydrogens is 204 g/mol. The zero-order valence-corrected chi connectivity index (χ0v) is 11.6. The van der Waals surface area contributed by atoms with E-state index in [9.17, 15) is 0 Å². The lowest BCUT2D eigenvalue weighted by Gasteiger charge is -2.16. The van der Waals surface area contributed by atoms with E-state index in [1.807, 2.05) is 0 Å². The fraction of sp³-hybridized carbons (Fsp3) is 0.529. The maximum Gasteiger partial charge on any atom is 0.0452 e. The summed E-state index contributed by atoms with van der Waals surface area (Å²) in [6, 6.07) is 4.50. The third-order valence-electron chi connectivity index (χ3n) is 3.52. The lowest BCUT2D eigenvalue weighted by molar-refractivity contribution is 0.635. The Labute approximate surface area is 106 Å². The molecular formula is C17H24. The molecule has 0 saturated carbocycles. The average molecular weight is 228 g/mol. The molecule has 17 heavy (non-hydrogen) atoms. The molecule has 0 heteroatoms. The summed E-state index contributed by atoms with van der Waals surface area (Å²) in [7, 11) is 0. The number of benzene rings is 1. The van der Waals surface area contributed by atoms with Gasteiger partial charge in [0.15, 0.2) is 0 Å². The van der Waals surface area contributed by atoms with Crippen molar-refractivity contribution >= 4 is 0 Å². The number of hydrogen-bond donors (Lipinski definition) is 0. The first-order chi connectivity index (χ1) is 8.10. The van der Waals surface area contributed by atoms with Crippen LogP contribution in [0.15, 0.2) is 12.1 Å². The number of terminal acetylenes is 1. The molecule has 1 aromatic carbocycles. The second-order valence-corrected chi connectivity index (χ2v) is 5.01. The highest BCUT2D eigenvalue weighted by molar-refractivity contribution is 5.41. The molecule has 0 aliphatic rings. The molecule has 0 aliphatic heterocycles. The van der Waals surface area contributed by atoms with Gasteiger partial charge in [-0.2, -0.15) is 0 Å². The quantitative estimate of drug-likeness (QED) is 0.496. The van der Waals surface area contributed by atoms with Crippen molar-refractivity contribution in [1.82, 2.24) is 0 Å². The summed E-state index contributed by atoms with van der Waals surface area (Å²) in [6.45, 7) is 8.74. The standard InChI is InChI=1S/C17H24/c1-6-8-9-10-16(7-2)17-12-13(3)11-14(4)15(17)5/h2,11-12,16H,6,8-10H2,1,3-5H3. The van der Waals surface area contributed by atoms with Gasteiger partial charge in [0.25, 0.3) is 0 Å². The van der Waals surface area contributed by atoms with E-state index < -0.39 is 0 Å². The topological polar surface area (TPSA) is 0 Å². The highest BCUT2D eigenvalue weighted by Gasteiger charge is 2.12. The number of rotatable bonds is 5. The predicted molar refractivity (Wildman–Crippen MR) is 76.4 cm³/mol.